The lowest BCUT2D eigenvalue weighted by Crippen LogP contribution is -2.08. The summed E-state index contributed by atoms with van der Waals surface area (Å²) in [6, 6.07) is 0. The summed E-state index contributed by atoms with van der Waals surface area (Å²) < 4.78 is 9.76. The van der Waals surface area contributed by atoms with Crippen LogP contribution in [-0.4, -0.2) is 28.5 Å². The van der Waals surface area contributed by atoms with Crippen molar-refractivity contribution in [2.24, 2.45) is 5.92 Å². The van der Waals surface area contributed by atoms with Gasteiger partial charge in [0.15, 0.2) is 5.82 Å². The molecule has 0 aliphatic carbocycles. The van der Waals surface area contributed by atoms with Crippen LogP contribution in [0, 0.1) is 5.92 Å². The molecule has 0 fully saturated rings. The van der Waals surface area contributed by atoms with Crippen LogP contribution in [0.25, 0.3) is 0 Å². The normalized spacial score (nSPS) is 12.7. The Labute approximate surface area is 112 Å². The quantitative estimate of drug-likeness (QED) is 0.710. The average molecular weight is 272 g/mol. The van der Waals surface area contributed by atoms with Crippen molar-refractivity contribution in [3.8, 4) is 0 Å². The topological polar surface area (TPSA) is 65.2 Å². The molecule has 0 saturated heterocycles. The molecule has 102 valence electrons. The standard InChI is InChI=1S/C12H20N2O3S/c1-8(2)5-11-13-10(14-17-11)7-18-9(3)6-12(15)16-4/h8-9H,5-7H2,1-4H3. The maximum Gasteiger partial charge on any atom is 0.306 e. The molecular formula is C12H20N2O3S. The zero-order chi connectivity index (χ0) is 13.5. The molecule has 0 bridgehead atoms. The summed E-state index contributed by atoms with van der Waals surface area (Å²) >= 11 is 1.62. The van der Waals surface area contributed by atoms with Crippen LogP contribution in [0.1, 0.15) is 38.9 Å². The number of carbonyl (C=O) groups is 1. The fraction of sp³-hybridized carbons (Fsp3) is 0.750. The molecule has 1 rings (SSSR count). The minimum atomic E-state index is -0.191. The number of ether oxygens (including phenoxy) is 1. The van der Waals surface area contributed by atoms with Crippen LogP contribution in [0.5, 0.6) is 0 Å². The van der Waals surface area contributed by atoms with Crippen molar-refractivity contribution in [1.29, 1.82) is 0 Å². The van der Waals surface area contributed by atoms with Crippen molar-refractivity contribution >= 4 is 17.7 Å². The smallest absolute Gasteiger partial charge is 0.306 e. The lowest BCUT2D eigenvalue weighted by atomic mass is 10.1. The highest BCUT2D eigenvalue weighted by Crippen LogP contribution is 2.19. The molecule has 0 amide bonds. The van der Waals surface area contributed by atoms with Crippen molar-refractivity contribution in [1.82, 2.24) is 10.1 Å². The zero-order valence-electron chi connectivity index (χ0n) is 11.3. The van der Waals surface area contributed by atoms with Crippen LogP contribution in [0.15, 0.2) is 4.52 Å². The van der Waals surface area contributed by atoms with Crippen LogP contribution in [-0.2, 0) is 21.7 Å². The molecule has 0 radical (unpaired) electrons. The van der Waals surface area contributed by atoms with Crippen LogP contribution in [0.3, 0.4) is 0 Å². The first-order valence-corrected chi connectivity index (χ1v) is 7.06. The second-order valence-electron chi connectivity index (χ2n) is 4.60. The Morgan fingerprint density at radius 1 is 1.44 bits per heavy atom. The van der Waals surface area contributed by atoms with E-state index in [-0.39, 0.29) is 11.2 Å². The monoisotopic (exact) mass is 272 g/mol. The maximum atomic E-state index is 11.1. The van der Waals surface area contributed by atoms with Crippen LogP contribution >= 0.6 is 11.8 Å². The molecule has 0 aromatic carbocycles. The van der Waals surface area contributed by atoms with Gasteiger partial charge in [-0.25, -0.2) is 0 Å². The van der Waals surface area contributed by atoms with E-state index in [0.29, 0.717) is 29.8 Å². The van der Waals surface area contributed by atoms with E-state index in [1.165, 1.54) is 7.11 Å². The van der Waals surface area contributed by atoms with Crippen molar-refractivity contribution in [2.75, 3.05) is 7.11 Å². The molecule has 0 spiro atoms. The number of hydrogen-bond acceptors (Lipinski definition) is 6. The summed E-state index contributed by atoms with van der Waals surface area (Å²) in [7, 11) is 1.40. The van der Waals surface area contributed by atoms with Gasteiger partial charge in [0.05, 0.1) is 19.3 Å². The van der Waals surface area contributed by atoms with Gasteiger partial charge in [-0.2, -0.15) is 4.98 Å². The molecule has 0 saturated carbocycles. The molecule has 18 heavy (non-hydrogen) atoms. The lowest BCUT2D eigenvalue weighted by molar-refractivity contribution is -0.140. The predicted molar refractivity (Wildman–Crippen MR) is 70.2 cm³/mol. The van der Waals surface area contributed by atoms with E-state index in [1.54, 1.807) is 11.8 Å². The first-order valence-electron chi connectivity index (χ1n) is 6.01. The fourth-order valence-electron chi connectivity index (χ4n) is 1.37. The number of thioether (sulfide) groups is 1. The molecule has 0 N–H and O–H groups in total. The van der Waals surface area contributed by atoms with Crippen LogP contribution in [0.2, 0.25) is 0 Å². The van der Waals surface area contributed by atoms with Gasteiger partial charge in [-0.05, 0) is 5.92 Å². The van der Waals surface area contributed by atoms with Gasteiger partial charge in [0.1, 0.15) is 0 Å². The third-order valence-electron chi connectivity index (χ3n) is 2.27. The molecule has 5 nitrogen and oxygen atoms in total. The van der Waals surface area contributed by atoms with E-state index in [2.05, 4.69) is 28.7 Å². The fourth-order valence-corrected chi connectivity index (χ4v) is 2.18. The molecule has 1 heterocycles. The molecular weight excluding hydrogens is 252 g/mol. The molecule has 0 aliphatic heterocycles. The van der Waals surface area contributed by atoms with E-state index in [1.807, 2.05) is 6.92 Å². The van der Waals surface area contributed by atoms with Crippen molar-refractivity contribution in [2.45, 2.75) is 44.6 Å². The summed E-state index contributed by atoms with van der Waals surface area (Å²) in [5.41, 5.74) is 0. The number of methoxy groups -OCH3 is 1. The average Bonchev–Trinajstić information content (AvgIpc) is 2.73. The van der Waals surface area contributed by atoms with Gasteiger partial charge in [-0.3, -0.25) is 4.79 Å². The largest absolute Gasteiger partial charge is 0.469 e. The minimum Gasteiger partial charge on any atom is -0.469 e. The van der Waals surface area contributed by atoms with Crippen molar-refractivity contribution < 1.29 is 14.1 Å². The van der Waals surface area contributed by atoms with Gasteiger partial charge in [0.25, 0.3) is 0 Å². The first kappa shape index (κ1) is 15.0. The molecule has 6 heteroatoms. The Bertz CT molecular complexity index is 379. The molecule has 0 aliphatic rings. The highest BCUT2D eigenvalue weighted by atomic mass is 32.2. The summed E-state index contributed by atoms with van der Waals surface area (Å²) in [4.78, 5) is 15.4. The number of carbonyl (C=O) groups excluding carboxylic acids is 1. The Morgan fingerprint density at radius 2 is 2.17 bits per heavy atom. The highest BCUT2D eigenvalue weighted by molar-refractivity contribution is 7.99. The van der Waals surface area contributed by atoms with E-state index in [4.69, 9.17) is 4.52 Å². The van der Waals surface area contributed by atoms with Gasteiger partial charge in [-0.1, -0.05) is 25.9 Å². The third-order valence-corrected chi connectivity index (χ3v) is 3.43. The van der Waals surface area contributed by atoms with Crippen molar-refractivity contribution in [3.05, 3.63) is 11.7 Å². The van der Waals surface area contributed by atoms with E-state index < -0.39 is 0 Å². The van der Waals surface area contributed by atoms with Gasteiger partial charge < -0.3 is 9.26 Å². The lowest BCUT2D eigenvalue weighted by Gasteiger charge is -2.07. The number of hydrogen-bond donors (Lipinski definition) is 0. The Balaban J connectivity index is 2.34. The molecule has 1 unspecified atom stereocenters. The third kappa shape index (κ3) is 5.53. The number of rotatable bonds is 7. The summed E-state index contributed by atoms with van der Waals surface area (Å²) in [5, 5.41) is 4.10. The molecule has 1 aromatic rings. The summed E-state index contributed by atoms with van der Waals surface area (Å²) in [6.45, 7) is 6.20. The van der Waals surface area contributed by atoms with Gasteiger partial charge in [-0.15, -0.1) is 11.8 Å². The highest BCUT2D eigenvalue weighted by Gasteiger charge is 2.13. The zero-order valence-corrected chi connectivity index (χ0v) is 12.1. The van der Waals surface area contributed by atoms with Gasteiger partial charge in [0.2, 0.25) is 5.89 Å². The summed E-state index contributed by atoms with van der Waals surface area (Å²) in [6.07, 6.45) is 1.20. The Hall–Kier alpha value is -1.04. The second kappa shape index (κ2) is 7.41. The summed E-state index contributed by atoms with van der Waals surface area (Å²) in [5.74, 6) is 2.33. The second-order valence-corrected chi connectivity index (χ2v) is 6.03. The Morgan fingerprint density at radius 3 is 2.78 bits per heavy atom. The maximum absolute atomic E-state index is 11.1. The van der Waals surface area contributed by atoms with Crippen LogP contribution < -0.4 is 0 Å². The van der Waals surface area contributed by atoms with E-state index in [0.717, 1.165) is 6.42 Å². The van der Waals surface area contributed by atoms with E-state index in [9.17, 15) is 4.79 Å². The number of aromatic nitrogens is 2. The van der Waals surface area contributed by atoms with Crippen LogP contribution in [0.4, 0.5) is 0 Å². The number of esters is 1. The van der Waals surface area contributed by atoms with Gasteiger partial charge in [0, 0.05) is 11.7 Å². The Kier molecular flexibility index (Phi) is 6.18. The molecule has 1 atom stereocenters. The van der Waals surface area contributed by atoms with E-state index >= 15 is 0 Å². The van der Waals surface area contributed by atoms with Gasteiger partial charge >= 0.3 is 5.97 Å². The minimum absolute atomic E-state index is 0.185. The SMILES string of the molecule is COC(=O)CC(C)SCc1noc(CC(C)C)n1. The first-order chi connectivity index (χ1) is 8.51. The predicted octanol–water partition coefficient (Wildman–Crippen LogP) is 2.45. The van der Waals surface area contributed by atoms with Crippen molar-refractivity contribution in [3.63, 3.8) is 0 Å². The molecule has 1 aromatic heterocycles. The number of nitrogens with zero attached hydrogens (tertiary/aromatic N) is 2.